The topological polar surface area (TPSA) is 35.2 Å². The van der Waals surface area contributed by atoms with Gasteiger partial charge in [-0.25, -0.2) is 0 Å². The van der Waals surface area contributed by atoms with E-state index in [-0.39, 0.29) is 11.4 Å². The first-order valence-corrected chi connectivity index (χ1v) is 4.51. The standard InChI is InChI=1S/C9H9ClF3NO/c10-6-1-2-7(14)8(5-6)15-4-3-9(11,12)13/h1-2,5H,3-4,14H2. The third-order valence-electron chi connectivity index (χ3n) is 1.62. The Morgan fingerprint density at radius 3 is 2.60 bits per heavy atom. The molecule has 0 aliphatic carbocycles. The molecule has 0 unspecified atom stereocenters. The summed E-state index contributed by atoms with van der Waals surface area (Å²) in [5, 5.41) is 0.367. The highest BCUT2D eigenvalue weighted by Crippen LogP contribution is 2.26. The minimum Gasteiger partial charge on any atom is -0.491 e. The van der Waals surface area contributed by atoms with Crippen LogP contribution in [0.5, 0.6) is 5.75 Å². The number of hydrogen-bond donors (Lipinski definition) is 1. The summed E-state index contributed by atoms with van der Waals surface area (Å²) in [6.07, 6.45) is -5.24. The minimum atomic E-state index is -4.23. The molecule has 0 atom stereocenters. The number of rotatable bonds is 3. The molecule has 0 aromatic heterocycles. The first-order valence-electron chi connectivity index (χ1n) is 4.13. The molecular weight excluding hydrogens is 231 g/mol. The van der Waals surface area contributed by atoms with E-state index in [0.29, 0.717) is 5.02 Å². The highest BCUT2D eigenvalue weighted by atomic mass is 35.5. The van der Waals surface area contributed by atoms with Crippen LogP contribution >= 0.6 is 11.6 Å². The molecule has 1 aromatic rings. The molecular formula is C9H9ClF3NO. The first kappa shape index (κ1) is 12.0. The Hall–Kier alpha value is -1.10. The molecule has 2 nitrogen and oxygen atoms in total. The van der Waals surface area contributed by atoms with Crippen LogP contribution in [0.2, 0.25) is 5.02 Å². The van der Waals surface area contributed by atoms with Gasteiger partial charge < -0.3 is 10.5 Å². The van der Waals surface area contributed by atoms with Gasteiger partial charge in [-0.05, 0) is 12.1 Å². The van der Waals surface area contributed by atoms with Crippen molar-refractivity contribution in [1.29, 1.82) is 0 Å². The second-order valence-electron chi connectivity index (χ2n) is 2.90. The van der Waals surface area contributed by atoms with Crippen molar-refractivity contribution < 1.29 is 17.9 Å². The van der Waals surface area contributed by atoms with Crippen molar-refractivity contribution in [3.63, 3.8) is 0 Å². The van der Waals surface area contributed by atoms with Crippen molar-refractivity contribution in [2.24, 2.45) is 0 Å². The van der Waals surface area contributed by atoms with Crippen LogP contribution in [0.1, 0.15) is 6.42 Å². The Morgan fingerprint density at radius 2 is 2.00 bits per heavy atom. The van der Waals surface area contributed by atoms with Crippen LogP contribution in [-0.4, -0.2) is 12.8 Å². The van der Waals surface area contributed by atoms with Crippen LogP contribution in [0, 0.1) is 0 Å². The number of benzene rings is 1. The Balaban J connectivity index is 2.54. The first-order chi connectivity index (χ1) is 6.88. The van der Waals surface area contributed by atoms with E-state index >= 15 is 0 Å². The number of alkyl halides is 3. The van der Waals surface area contributed by atoms with Gasteiger partial charge in [0.15, 0.2) is 0 Å². The van der Waals surface area contributed by atoms with Gasteiger partial charge in [-0.1, -0.05) is 11.6 Å². The smallest absolute Gasteiger partial charge is 0.392 e. The van der Waals surface area contributed by atoms with Crippen LogP contribution < -0.4 is 10.5 Å². The predicted octanol–water partition coefficient (Wildman–Crippen LogP) is 3.25. The molecule has 1 rings (SSSR count). The summed E-state index contributed by atoms with van der Waals surface area (Å²) in [5.41, 5.74) is 5.74. The average Bonchev–Trinajstić information content (AvgIpc) is 2.09. The molecule has 0 amide bonds. The molecule has 0 aliphatic rings. The number of nitrogen functional groups attached to an aromatic ring is 1. The molecule has 0 fully saturated rings. The lowest BCUT2D eigenvalue weighted by Gasteiger charge is -2.10. The van der Waals surface area contributed by atoms with E-state index in [0.717, 1.165) is 0 Å². The highest BCUT2D eigenvalue weighted by molar-refractivity contribution is 6.30. The van der Waals surface area contributed by atoms with Gasteiger partial charge in [0, 0.05) is 11.1 Å². The van der Waals surface area contributed by atoms with Crippen LogP contribution in [0.15, 0.2) is 18.2 Å². The number of halogens is 4. The van der Waals surface area contributed by atoms with E-state index in [4.69, 9.17) is 22.1 Å². The monoisotopic (exact) mass is 239 g/mol. The van der Waals surface area contributed by atoms with Gasteiger partial charge in [0.25, 0.3) is 0 Å². The van der Waals surface area contributed by atoms with E-state index in [2.05, 4.69) is 0 Å². The minimum absolute atomic E-state index is 0.173. The molecule has 0 heterocycles. The maximum absolute atomic E-state index is 11.8. The lowest BCUT2D eigenvalue weighted by molar-refractivity contribution is -0.139. The van der Waals surface area contributed by atoms with Gasteiger partial charge >= 0.3 is 6.18 Å². The van der Waals surface area contributed by atoms with Crippen LogP contribution in [0.4, 0.5) is 18.9 Å². The molecule has 0 spiro atoms. The molecule has 2 N–H and O–H groups in total. The quantitative estimate of drug-likeness (QED) is 0.822. The number of nitrogens with two attached hydrogens (primary N) is 1. The van der Waals surface area contributed by atoms with Gasteiger partial charge in [-0.2, -0.15) is 13.2 Å². The third-order valence-corrected chi connectivity index (χ3v) is 1.85. The maximum Gasteiger partial charge on any atom is 0.392 e. The number of anilines is 1. The van der Waals surface area contributed by atoms with Gasteiger partial charge in [0.2, 0.25) is 0 Å². The lowest BCUT2D eigenvalue weighted by atomic mass is 10.3. The summed E-state index contributed by atoms with van der Waals surface area (Å²) in [7, 11) is 0. The van der Waals surface area contributed by atoms with Gasteiger partial charge in [0.05, 0.1) is 18.7 Å². The Labute approximate surface area is 89.8 Å². The zero-order valence-corrected chi connectivity index (χ0v) is 8.40. The van der Waals surface area contributed by atoms with Gasteiger partial charge in [-0.15, -0.1) is 0 Å². The Kier molecular flexibility index (Phi) is 3.68. The molecule has 0 radical (unpaired) electrons. The van der Waals surface area contributed by atoms with Crippen molar-refractivity contribution >= 4 is 17.3 Å². The van der Waals surface area contributed by atoms with E-state index in [1.54, 1.807) is 0 Å². The van der Waals surface area contributed by atoms with Crippen molar-refractivity contribution in [2.75, 3.05) is 12.3 Å². The predicted molar refractivity (Wildman–Crippen MR) is 52.0 cm³/mol. The maximum atomic E-state index is 11.8. The molecule has 0 saturated heterocycles. The molecule has 0 aliphatic heterocycles. The summed E-state index contributed by atoms with van der Waals surface area (Å²) in [5.74, 6) is 0.173. The fourth-order valence-electron chi connectivity index (χ4n) is 0.910. The molecule has 6 heteroatoms. The summed E-state index contributed by atoms with van der Waals surface area (Å²) in [6, 6.07) is 4.39. The second kappa shape index (κ2) is 4.61. The Bertz CT molecular complexity index is 341. The largest absolute Gasteiger partial charge is 0.491 e. The van der Waals surface area contributed by atoms with Crippen LogP contribution in [0.3, 0.4) is 0 Å². The molecule has 15 heavy (non-hydrogen) atoms. The van der Waals surface area contributed by atoms with Gasteiger partial charge in [0.1, 0.15) is 5.75 Å². The molecule has 84 valence electrons. The van der Waals surface area contributed by atoms with Crippen molar-refractivity contribution in [1.82, 2.24) is 0 Å². The summed E-state index contributed by atoms with van der Waals surface area (Å²) >= 11 is 5.63. The van der Waals surface area contributed by atoms with Crippen LogP contribution in [0.25, 0.3) is 0 Å². The third kappa shape index (κ3) is 4.29. The zero-order chi connectivity index (χ0) is 11.5. The van der Waals surface area contributed by atoms with Crippen molar-refractivity contribution in [3.8, 4) is 5.75 Å². The SMILES string of the molecule is Nc1ccc(Cl)cc1OCCC(F)(F)F. The van der Waals surface area contributed by atoms with Gasteiger partial charge in [-0.3, -0.25) is 0 Å². The molecule has 0 saturated carbocycles. The van der Waals surface area contributed by atoms with E-state index < -0.39 is 19.2 Å². The molecule has 0 bridgehead atoms. The van der Waals surface area contributed by atoms with Crippen molar-refractivity contribution in [2.45, 2.75) is 12.6 Å². The van der Waals surface area contributed by atoms with E-state index in [9.17, 15) is 13.2 Å². The van der Waals surface area contributed by atoms with E-state index in [1.165, 1.54) is 18.2 Å². The van der Waals surface area contributed by atoms with E-state index in [1.807, 2.05) is 0 Å². The van der Waals surface area contributed by atoms with Crippen LogP contribution in [-0.2, 0) is 0 Å². The zero-order valence-electron chi connectivity index (χ0n) is 7.64. The average molecular weight is 240 g/mol. The normalized spacial score (nSPS) is 11.5. The lowest BCUT2D eigenvalue weighted by Crippen LogP contribution is -2.13. The summed E-state index contributed by atoms with van der Waals surface area (Å²) < 4.78 is 40.3. The fourth-order valence-corrected chi connectivity index (χ4v) is 1.07. The fraction of sp³-hybridized carbons (Fsp3) is 0.333. The highest BCUT2D eigenvalue weighted by Gasteiger charge is 2.26. The van der Waals surface area contributed by atoms with Crippen molar-refractivity contribution in [3.05, 3.63) is 23.2 Å². The second-order valence-corrected chi connectivity index (χ2v) is 3.33. The molecule has 1 aromatic carbocycles. The summed E-state index contributed by atoms with van der Waals surface area (Å²) in [6.45, 7) is -0.464. The number of hydrogen-bond acceptors (Lipinski definition) is 2. The Morgan fingerprint density at radius 1 is 1.33 bits per heavy atom. The summed E-state index contributed by atoms with van der Waals surface area (Å²) in [4.78, 5) is 0. The number of ether oxygens (including phenoxy) is 1.